The maximum atomic E-state index is 12.4. The summed E-state index contributed by atoms with van der Waals surface area (Å²) in [5.74, 6) is 1.53. The summed E-state index contributed by atoms with van der Waals surface area (Å²) < 4.78 is 16.7. The molecule has 2 aromatic rings. The Bertz CT molecular complexity index is 1360. The minimum Gasteiger partial charge on any atom is -0.497 e. The van der Waals surface area contributed by atoms with Gasteiger partial charge in [-0.3, -0.25) is 9.59 Å². The number of hydrogen-bond donors (Lipinski definition) is 0. The Morgan fingerprint density at radius 1 is 0.950 bits per heavy atom. The number of amides is 2. The van der Waals surface area contributed by atoms with Crippen molar-refractivity contribution in [1.29, 1.82) is 0 Å². The molecule has 1 saturated carbocycles. The highest BCUT2D eigenvalue weighted by atomic mass is 16.5. The second-order valence-electron chi connectivity index (χ2n) is 9.67. The fraction of sp³-hybridized carbons (Fsp3) is 0.414. The van der Waals surface area contributed by atoms with Crippen molar-refractivity contribution in [3.05, 3.63) is 54.1 Å². The van der Waals surface area contributed by atoms with Gasteiger partial charge in [-0.2, -0.15) is 4.99 Å². The molecule has 1 aliphatic carbocycles. The van der Waals surface area contributed by atoms with Gasteiger partial charge in [-0.1, -0.05) is 31.9 Å². The largest absolute Gasteiger partial charge is 0.497 e. The number of nitrogens with zero attached hydrogens (tertiary/aromatic N) is 6. The molecular formula is C29H32N6O5. The van der Waals surface area contributed by atoms with Gasteiger partial charge >= 0.3 is 5.91 Å². The van der Waals surface area contributed by atoms with Gasteiger partial charge < -0.3 is 19.1 Å². The number of ether oxygens (including phenoxy) is 3. The number of para-hydroxylation sites is 1. The van der Waals surface area contributed by atoms with Crippen LogP contribution in [0.2, 0.25) is 0 Å². The van der Waals surface area contributed by atoms with E-state index in [9.17, 15) is 9.59 Å². The maximum Gasteiger partial charge on any atom is 0.303 e. The van der Waals surface area contributed by atoms with Crippen LogP contribution in [0.4, 0.5) is 5.69 Å². The van der Waals surface area contributed by atoms with Crippen LogP contribution in [0.1, 0.15) is 51.0 Å². The zero-order chi connectivity index (χ0) is 27.9. The number of carbonyl (C=O) groups is 2. The van der Waals surface area contributed by atoms with Crippen molar-refractivity contribution in [2.24, 2.45) is 25.4 Å². The third kappa shape index (κ3) is 6.15. The molecule has 0 bridgehead atoms. The molecule has 0 N–H and O–H groups in total. The first kappa shape index (κ1) is 27.3. The average molecular weight is 545 g/mol. The van der Waals surface area contributed by atoms with Crippen molar-refractivity contribution in [2.75, 3.05) is 25.2 Å². The first-order valence-corrected chi connectivity index (χ1v) is 13.6. The van der Waals surface area contributed by atoms with E-state index in [1.807, 2.05) is 54.3 Å². The molecule has 0 radical (unpaired) electrons. The lowest BCUT2D eigenvalue weighted by atomic mass is 10.1. The van der Waals surface area contributed by atoms with Gasteiger partial charge in [0.05, 0.1) is 25.4 Å². The number of benzene rings is 2. The molecule has 0 spiro atoms. The Balaban J connectivity index is 0.000000161. The maximum absolute atomic E-state index is 12.4. The van der Waals surface area contributed by atoms with E-state index in [-0.39, 0.29) is 29.4 Å². The van der Waals surface area contributed by atoms with Crippen LogP contribution >= 0.6 is 0 Å². The molecule has 1 atom stereocenters. The summed E-state index contributed by atoms with van der Waals surface area (Å²) in [5.41, 5.74) is 1.66. The normalized spacial score (nSPS) is 20.0. The minimum atomic E-state index is -0.486. The molecule has 2 amide bonds. The standard InChI is InChI=1S/C16H21NO3.C13H11N5O2/c1-19-13-8-6-12(7-9-13)17-11-10-15(16(17)18)20-14-4-2-3-5-14;1-2-7-20-9-6-4-3-5-8(9)11-14-12-10(13(19)15-11)16-18-17-12/h6-9,14-15H,2-5,10-11H2,1H3;3-6H,2,7H2,1H3. The smallest absolute Gasteiger partial charge is 0.303 e. The third-order valence-corrected chi connectivity index (χ3v) is 6.91. The second kappa shape index (κ2) is 12.7. The quantitative estimate of drug-likeness (QED) is 0.474. The number of rotatable bonds is 8. The van der Waals surface area contributed by atoms with Gasteiger partial charge in [0, 0.05) is 18.7 Å². The van der Waals surface area contributed by atoms with Crippen molar-refractivity contribution >= 4 is 34.9 Å². The van der Waals surface area contributed by atoms with E-state index >= 15 is 0 Å². The van der Waals surface area contributed by atoms with Crippen LogP contribution in [0.25, 0.3) is 0 Å². The molecule has 3 aliphatic heterocycles. The van der Waals surface area contributed by atoms with E-state index in [1.165, 1.54) is 12.8 Å². The fourth-order valence-corrected chi connectivity index (χ4v) is 4.85. The lowest BCUT2D eigenvalue weighted by Gasteiger charge is -2.19. The monoisotopic (exact) mass is 544 g/mol. The van der Waals surface area contributed by atoms with Crippen LogP contribution in [0, 0.1) is 0 Å². The number of aliphatic imine (C=N–C) groups is 2. The number of fused-ring (bicyclic) bond motifs is 1. The lowest BCUT2D eigenvalue weighted by molar-refractivity contribution is -0.130. The van der Waals surface area contributed by atoms with Crippen molar-refractivity contribution in [1.82, 2.24) is 0 Å². The Labute approximate surface area is 232 Å². The summed E-state index contributed by atoms with van der Waals surface area (Å²) in [7, 11) is 1.64. The number of hydrogen-bond acceptors (Lipinski definition) is 9. The van der Waals surface area contributed by atoms with E-state index in [4.69, 9.17) is 14.2 Å². The second-order valence-corrected chi connectivity index (χ2v) is 9.67. The summed E-state index contributed by atoms with van der Waals surface area (Å²) in [4.78, 5) is 34.2. The van der Waals surface area contributed by atoms with E-state index in [2.05, 4.69) is 25.4 Å². The van der Waals surface area contributed by atoms with Crippen molar-refractivity contribution in [3.63, 3.8) is 0 Å². The highest BCUT2D eigenvalue weighted by molar-refractivity contribution is 6.69. The number of methoxy groups -OCH3 is 1. The molecule has 208 valence electrons. The molecule has 11 heteroatoms. The highest BCUT2D eigenvalue weighted by Gasteiger charge is 2.35. The van der Waals surface area contributed by atoms with Crippen LogP contribution in [0.3, 0.4) is 0 Å². The van der Waals surface area contributed by atoms with E-state index in [0.717, 1.165) is 43.7 Å². The zero-order valence-electron chi connectivity index (χ0n) is 22.7. The Kier molecular flexibility index (Phi) is 8.70. The van der Waals surface area contributed by atoms with Crippen LogP contribution < -0.4 is 14.4 Å². The van der Waals surface area contributed by atoms with Gasteiger partial charge in [0.1, 0.15) is 17.6 Å². The van der Waals surface area contributed by atoms with E-state index in [1.54, 1.807) is 13.2 Å². The molecule has 0 aromatic heterocycles. The Morgan fingerprint density at radius 2 is 1.73 bits per heavy atom. The third-order valence-electron chi connectivity index (χ3n) is 6.91. The number of amidine groups is 2. The summed E-state index contributed by atoms with van der Waals surface area (Å²) in [6, 6.07) is 14.9. The molecule has 2 fully saturated rings. The van der Waals surface area contributed by atoms with Gasteiger partial charge in [-0.15, -0.1) is 10.2 Å². The highest BCUT2D eigenvalue weighted by Crippen LogP contribution is 2.29. The van der Waals surface area contributed by atoms with Crippen LogP contribution in [0.5, 0.6) is 11.5 Å². The van der Waals surface area contributed by atoms with Crippen LogP contribution in [-0.2, 0) is 14.3 Å². The van der Waals surface area contributed by atoms with Gasteiger partial charge in [0.25, 0.3) is 5.91 Å². The van der Waals surface area contributed by atoms with Crippen molar-refractivity contribution in [2.45, 2.75) is 57.7 Å². The first-order valence-electron chi connectivity index (χ1n) is 13.6. The summed E-state index contributed by atoms with van der Waals surface area (Å²) >= 11 is 0. The summed E-state index contributed by atoms with van der Waals surface area (Å²) in [6.07, 6.45) is 6.39. The zero-order valence-corrected chi connectivity index (χ0v) is 22.7. The molecule has 4 aliphatic rings. The summed E-state index contributed by atoms with van der Waals surface area (Å²) in [5, 5.41) is 10.7. The number of carbonyl (C=O) groups excluding carboxylic acids is 2. The fourth-order valence-electron chi connectivity index (χ4n) is 4.85. The molecule has 11 nitrogen and oxygen atoms in total. The van der Waals surface area contributed by atoms with E-state index < -0.39 is 5.91 Å². The molecule has 40 heavy (non-hydrogen) atoms. The average Bonchev–Trinajstić information content (AvgIpc) is 3.75. The van der Waals surface area contributed by atoms with Crippen molar-refractivity contribution in [3.8, 4) is 11.5 Å². The van der Waals surface area contributed by atoms with E-state index in [0.29, 0.717) is 24.0 Å². The molecule has 3 heterocycles. The van der Waals surface area contributed by atoms with Gasteiger partial charge in [0.15, 0.2) is 5.84 Å². The molecular weight excluding hydrogens is 512 g/mol. The number of anilines is 1. The first-order chi connectivity index (χ1) is 19.6. The van der Waals surface area contributed by atoms with Crippen molar-refractivity contribution < 1.29 is 23.8 Å². The predicted octanol–water partition coefficient (Wildman–Crippen LogP) is 4.74. The molecule has 6 rings (SSSR count). The van der Waals surface area contributed by atoms with Gasteiger partial charge in [-0.05, 0) is 60.9 Å². The van der Waals surface area contributed by atoms with Gasteiger partial charge in [0.2, 0.25) is 11.5 Å². The Hall–Kier alpha value is -4.25. The molecule has 2 aromatic carbocycles. The SMILES string of the molecule is CCCOc1ccccc1C1=NC(=O)C2=NN=NC2=N1.COc1ccc(N2CCC(OC3CCCC3)C2=O)cc1. The molecule has 1 unspecified atom stereocenters. The van der Waals surface area contributed by atoms with Gasteiger partial charge in [-0.25, -0.2) is 4.99 Å². The Morgan fingerprint density at radius 3 is 2.48 bits per heavy atom. The summed E-state index contributed by atoms with van der Waals surface area (Å²) in [6.45, 7) is 3.34. The van der Waals surface area contributed by atoms with Crippen LogP contribution in [0.15, 0.2) is 74.0 Å². The topological polar surface area (TPSA) is 127 Å². The molecule has 1 saturated heterocycles. The lowest BCUT2D eigenvalue weighted by Crippen LogP contribution is -2.32. The minimum absolute atomic E-state index is 0.0840. The predicted molar refractivity (Wildman–Crippen MR) is 151 cm³/mol. The van der Waals surface area contributed by atoms with Crippen LogP contribution in [-0.4, -0.2) is 61.7 Å².